The lowest BCUT2D eigenvalue weighted by molar-refractivity contribution is -0.384. The Bertz CT molecular complexity index is 1140. The molecule has 0 fully saturated rings. The minimum absolute atomic E-state index is 0.00608. The van der Waals surface area contributed by atoms with Crippen LogP contribution < -0.4 is 10.6 Å². The number of halogens is 3. The zero-order valence-electron chi connectivity index (χ0n) is 17.5. The number of anilines is 1. The molecule has 2 aromatic heterocycles. The van der Waals surface area contributed by atoms with Crippen LogP contribution in [-0.4, -0.2) is 44.0 Å². The van der Waals surface area contributed by atoms with E-state index in [0.717, 1.165) is 17.9 Å². The first-order chi connectivity index (χ1) is 15.7. The minimum Gasteiger partial charge on any atom is -0.379 e. The molecule has 1 aromatic carbocycles. The molecule has 0 saturated carbocycles. The summed E-state index contributed by atoms with van der Waals surface area (Å²) in [5, 5.41) is 25.1. The Morgan fingerprint density at radius 1 is 1.27 bits per heavy atom. The zero-order chi connectivity index (χ0) is 24.0. The van der Waals surface area contributed by atoms with E-state index in [-0.39, 0.29) is 24.6 Å². The first kappa shape index (κ1) is 24.3. The lowest BCUT2D eigenvalue weighted by atomic mass is 10.1. The summed E-state index contributed by atoms with van der Waals surface area (Å²) < 4.78 is 40.3. The predicted octanol–water partition coefficient (Wildman–Crippen LogP) is 4.07. The van der Waals surface area contributed by atoms with Crippen molar-refractivity contribution in [3.63, 3.8) is 0 Å². The van der Waals surface area contributed by atoms with Gasteiger partial charge in [0.2, 0.25) is 5.91 Å². The molecule has 176 valence electrons. The van der Waals surface area contributed by atoms with Crippen molar-refractivity contribution < 1.29 is 22.9 Å². The van der Waals surface area contributed by atoms with Gasteiger partial charge in [-0.15, -0.1) is 10.2 Å². The second-order valence-electron chi connectivity index (χ2n) is 7.05. The average Bonchev–Trinajstić information content (AvgIpc) is 3.20. The van der Waals surface area contributed by atoms with Crippen LogP contribution in [0.25, 0.3) is 5.65 Å². The molecule has 1 amide bonds. The molecule has 0 aliphatic rings. The summed E-state index contributed by atoms with van der Waals surface area (Å²) in [7, 11) is 0. The van der Waals surface area contributed by atoms with Crippen molar-refractivity contribution in [2.24, 2.45) is 0 Å². The van der Waals surface area contributed by atoms with Gasteiger partial charge in [0.15, 0.2) is 11.5 Å². The highest BCUT2D eigenvalue weighted by molar-refractivity contribution is 7.98. The summed E-state index contributed by atoms with van der Waals surface area (Å²) in [6, 6.07) is 7.26. The van der Waals surface area contributed by atoms with Crippen molar-refractivity contribution in [3.05, 3.63) is 64.1 Å². The number of nitro benzene ring substituents is 1. The third kappa shape index (κ3) is 6.12. The molecule has 1 unspecified atom stereocenters. The molecule has 9 nitrogen and oxygen atoms in total. The number of nitrogens with one attached hydrogen (secondary N) is 2. The predicted molar refractivity (Wildman–Crippen MR) is 118 cm³/mol. The summed E-state index contributed by atoms with van der Waals surface area (Å²) in [5.41, 5.74) is -1.27. The van der Waals surface area contributed by atoms with Gasteiger partial charge in [-0.25, -0.2) is 0 Å². The Hall–Kier alpha value is -3.35. The Morgan fingerprint density at radius 3 is 2.76 bits per heavy atom. The second-order valence-corrected chi connectivity index (χ2v) is 8.04. The zero-order valence-corrected chi connectivity index (χ0v) is 18.3. The van der Waals surface area contributed by atoms with Crippen molar-refractivity contribution in [2.75, 3.05) is 23.9 Å². The third-order valence-corrected chi connectivity index (χ3v) is 5.43. The number of thioether (sulfide) groups is 1. The monoisotopic (exact) mass is 482 g/mol. The van der Waals surface area contributed by atoms with Crippen LogP contribution in [-0.2, 0) is 11.0 Å². The van der Waals surface area contributed by atoms with E-state index in [0.29, 0.717) is 24.0 Å². The number of carbonyl (C=O) groups is 1. The molecule has 1 atom stereocenters. The van der Waals surface area contributed by atoms with E-state index in [4.69, 9.17) is 0 Å². The van der Waals surface area contributed by atoms with Gasteiger partial charge in [-0.3, -0.25) is 19.3 Å². The highest BCUT2D eigenvalue weighted by Gasteiger charge is 2.33. The molecular formula is C20H21F3N6O3S. The van der Waals surface area contributed by atoms with E-state index in [1.54, 1.807) is 28.4 Å². The first-order valence-electron chi connectivity index (χ1n) is 9.88. The lowest BCUT2D eigenvalue weighted by Crippen LogP contribution is -2.31. The number of benzene rings is 1. The smallest absolute Gasteiger partial charge is 0.379 e. The number of nitro groups is 1. The number of fused-ring (bicyclic) bond motifs is 1. The van der Waals surface area contributed by atoms with Gasteiger partial charge < -0.3 is 10.6 Å². The molecule has 33 heavy (non-hydrogen) atoms. The number of pyridine rings is 1. The van der Waals surface area contributed by atoms with Crippen LogP contribution in [0.2, 0.25) is 0 Å². The number of nitrogens with zero attached hydrogens (tertiary/aromatic N) is 4. The lowest BCUT2D eigenvalue weighted by Gasteiger charge is -2.17. The molecule has 0 spiro atoms. The Kier molecular flexibility index (Phi) is 7.74. The average molecular weight is 482 g/mol. The fourth-order valence-corrected chi connectivity index (χ4v) is 3.66. The highest BCUT2D eigenvalue weighted by atomic mass is 32.2. The third-order valence-electron chi connectivity index (χ3n) is 4.79. The molecule has 0 aliphatic carbocycles. The fourth-order valence-electron chi connectivity index (χ4n) is 3.18. The van der Waals surface area contributed by atoms with Crippen molar-refractivity contribution in [1.82, 2.24) is 19.9 Å². The normalized spacial score (nSPS) is 12.5. The maximum Gasteiger partial charge on any atom is 0.416 e. The van der Waals surface area contributed by atoms with Gasteiger partial charge in [-0.2, -0.15) is 24.9 Å². The van der Waals surface area contributed by atoms with Crippen molar-refractivity contribution in [1.29, 1.82) is 0 Å². The van der Waals surface area contributed by atoms with E-state index in [1.165, 1.54) is 0 Å². The van der Waals surface area contributed by atoms with Crippen LogP contribution >= 0.6 is 11.8 Å². The van der Waals surface area contributed by atoms with E-state index in [1.807, 2.05) is 18.4 Å². The number of carbonyl (C=O) groups excluding carboxylic acids is 1. The van der Waals surface area contributed by atoms with Gasteiger partial charge in [0.05, 0.1) is 16.5 Å². The standard InChI is InChI=1S/C20H21F3N6O3S/c1-33-11-8-15(19-27-26-17-4-2-3-10-28(17)19)25-18(30)7-9-24-14-6-5-13(20(21,22)23)12-16(14)29(31)32/h2-6,10,12,15,24H,7-9,11H2,1H3,(H,25,30). The van der Waals surface area contributed by atoms with Crippen molar-refractivity contribution >= 4 is 34.7 Å². The van der Waals surface area contributed by atoms with E-state index >= 15 is 0 Å². The quantitative estimate of drug-likeness (QED) is 0.331. The molecule has 0 bridgehead atoms. The number of hydrogen-bond acceptors (Lipinski definition) is 7. The Morgan fingerprint density at radius 2 is 2.06 bits per heavy atom. The molecule has 0 saturated heterocycles. The Labute approximate surface area is 190 Å². The van der Waals surface area contributed by atoms with Crippen LogP contribution in [0.4, 0.5) is 24.5 Å². The van der Waals surface area contributed by atoms with Crippen LogP contribution in [0.3, 0.4) is 0 Å². The topological polar surface area (TPSA) is 114 Å². The van der Waals surface area contributed by atoms with Gasteiger partial charge in [0.25, 0.3) is 5.69 Å². The summed E-state index contributed by atoms with van der Waals surface area (Å²) in [6.07, 6.45) is -0.387. The first-order valence-corrected chi connectivity index (χ1v) is 11.3. The summed E-state index contributed by atoms with van der Waals surface area (Å²) >= 11 is 1.62. The number of aromatic nitrogens is 3. The van der Waals surface area contributed by atoms with Crippen LogP contribution in [0.1, 0.15) is 30.3 Å². The summed E-state index contributed by atoms with van der Waals surface area (Å²) in [6.45, 7) is -0.00608. The number of rotatable bonds is 10. The van der Waals surface area contributed by atoms with Crippen molar-refractivity contribution in [2.45, 2.75) is 25.1 Å². The fraction of sp³-hybridized carbons (Fsp3) is 0.350. The van der Waals surface area contributed by atoms with Crippen LogP contribution in [0.5, 0.6) is 0 Å². The van der Waals surface area contributed by atoms with Gasteiger partial charge >= 0.3 is 6.18 Å². The molecule has 13 heteroatoms. The van der Waals surface area contributed by atoms with Crippen LogP contribution in [0, 0.1) is 10.1 Å². The van der Waals surface area contributed by atoms with Crippen molar-refractivity contribution in [3.8, 4) is 0 Å². The molecule has 2 N–H and O–H groups in total. The highest BCUT2D eigenvalue weighted by Crippen LogP contribution is 2.34. The number of hydrogen-bond donors (Lipinski definition) is 2. The summed E-state index contributed by atoms with van der Waals surface area (Å²) in [4.78, 5) is 22.8. The summed E-state index contributed by atoms with van der Waals surface area (Å²) in [5.74, 6) is 1.01. The molecule has 3 rings (SSSR count). The SMILES string of the molecule is CSCCC(NC(=O)CCNc1ccc(C(F)(F)F)cc1[N+](=O)[O-])c1nnc2ccccn12. The molecule has 0 radical (unpaired) electrons. The van der Waals surface area contributed by atoms with E-state index in [9.17, 15) is 28.1 Å². The van der Waals surface area contributed by atoms with Gasteiger partial charge in [0, 0.05) is 25.2 Å². The second kappa shape index (κ2) is 10.5. The minimum atomic E-state index is -4.69. The molecule has 3 aromatic rings. The van der Waals surface area contributed by atoms with E-state index < -0.39 is 28.4 Å². The van der Waals surface area contributed by atoms with Gasteiger partial charge in [-0.1, -0.05) is 6.07 Å². The number of amides is 1. The van der Waals surface area contributed by atoms with E-state index in [2.05, 4.69) is 20.8 Å². The van der Waals surface area contributed by atoms with Crippen LogP contribution in [0.15, 0.2) is 42.6 Å². The number of alkyl halides is 3. The van der Waals surface area contributed by atoms with Gasteiger partial charge in [0.1, 0.15) is 5.69 Å². The largest absolute Gasteiger partial charge is 0.416 e. The molecule has 2 heterocycles. The molecule has 0 aliphatic heterocycles. The Balaban J connectivity index is 1.65. The van der Waals surface area contributed by atoms with Gasteiger partial charge in [-0.05, 0) is 42.7 Å². The maximum atomic E-state index is 12.8. The maximum absolute atomic E-state index is 12.8. The molecular weight excluding hydrogens is 461 g/mol.